The first-order valence-corrected chi connectivity index (χ1v) is 4.83. The first-order valence-electron chi connectivity index (χ1n) is 4.83. The van der Waals surface area contributed by atoms with Gasteiger partial charge in [0, 0.05) is 0 Å². The third kappa shape index (κ3) is 10.6. The lowest BCUT2D eigenvalue weighted by Crippen LogP contribution is -2.30. The van der Waals surface area contributed by atoms with Gasteiger partial charge in [-0.05, 0) is 12.8 Å². The number of carbonyl (C=O) groups is 2. The SMILES string of the molecule is C=C(C=O)OCCCC(N)C(=O)O.CC. The predicted molar refractivity (Wildman–Crippen MR) is 57.3 cm³/mol. The summed E-state index contributed by atoms with van der Waals surface area (Å²) in [7, 11) is 0. The van der Waals surface area contributed by atoms with Crippen molar-refractivity contribution in [2.45, 2.75) is 32.7 Å². The van der Waals surface area contributed by atoms with Crippen LogP contribution in [0.2, 0.25) is 0 Å². The Morgan fingerprint density at radius 3 is 2.53 bits per heavy atom. The Labute approximate surface area is 89.9 Å². The van der Waals surface area contributed by atoms with Crippen LogP contribution in [0.1, 0.15) is 26.7 Å². The van der Waals surface area contributed by atoms with Crippen LogP contribution in [0.25, 0.3) is 0 Å². The summed E-state index contributed by atoms with van der Waals surface area (Å²) in [5.74, 6) is -0.988. The molecule has 0 aromatic heterocycles. The summed E-state index contributed by atoms with van der Waals surface area (Å²) >= 11 is 0. The van der Waals surface area contributed by atoms with Crippen LogP contribution in [0, 0.1) is 0 Å². The van der Waals surface area contributed by atoms with E-state index in [4.69, 9.17) is 15.6 Å². The lowest BCUT2D eigenvalue weighted by molar-refractivity contribution is -0.138. The maximum absolute atomic E-state index is 10.2. The van der Waals surface area contributed by atoms with Crippen molar-refractivity contribution in [2.75, 3.05) is 6.61 Å². The molecule has 0 aliphatic carbocycles. The largest absolute Gasteiger partial charge is 0.491 e. The number of carboxylic acids is 1. The first-order chi connectivity index (χ1) is 7.07. The summed E-state index contributed by atoms with van der Waals surface area (Å²) in [6.07, 6.45) is 1.30. The molecular weight excluding hydrogens is 198 g/mol. The van der Waals surface area contributed by atoms with E-state index in [1.807, 2.05) is 13.8 Å². The van der Waals surface area contributed by atoms with Gasteiger partial charge in [0.15, 0.2) is 12.0 Å². The minimum absolute atomic E-state index is 0.0453. The molecule has 1 unspecified atom stereocenters. The summed E-state index contributed by atoms with van der Waals surface area (Å²) in [6, 6.07) is -0.868. The fourth-order valence-corrected chi connectivity index (χ4v) is 0.664. The van der Waals surface area contributed by atoms with Crippen molar-refractivity contribution in [3.05, 3.63) is 12.3 Å². The summed E-state index contributed by atoms with van der Waals surface area (Å²) in [4.78, 5) is 20.2. The quantitative estimate of drug-likeness (QED) is 0.286. The van der Waals surface area contributed by atoms with Crippen molar-refractivity contribution in [1.82, 2.24) is 0 Å². The number of rotatable bonds is 7. The first kappa shape index (κ1) is 16.1. The number of carboxylic acid groups (broad SMARTS) is 1. The van der Waals surface area contributed by atoms with Crippen molar-refractivity contribution in [3.63, 3.8) is 0 Å². The highest BCUT2D eigenvalue weighted by atomic mass is 16.5. The van der Waals surface area contributed by atoms with E-state index in [1.165, 1.54) is 0 Å². The van der Waals surface area contributed by atoms with E-state index < -0.39 is 12.0 Å². The van der Waals surface area contributed by atoms with E-state index in [1.54, 1.807) is 0 Å². The highest BCUT2D eigenvalue weighted by Crippen LogP contribution is 1.97. The third-order valence-electron chi connectivity index (χ3n) is 1.40. The van der Waals surface area contributed by atoms with Crippen LogP contribution in [0.3, 0.4) is 0 Å². The molecule has 0 spiro atoms. The molecule has 3 N–H and O–H groups in total. The minimum Gasteiger partial charge on any atom is -0.491 e. The molecule has 0 heterocycles. The summed E-state index contributed by atoms with van der Waals surface area (Å²) in [6.45, 7) is 7.55. The summed E-state index contributed by atoms with van der Waals surface area (Å²) < 4.78 is 4.81. The molecular formula is C10H19NO4. The Balaban J connectivity index is 0. The van der Waals surface area contributed by atoms with Crippen molar-refractivity contribution < 1.29 is 19.4 Å². The molecule has 15 heavy (non-hydrogen) atoms. The average Bonchev–Trinajstić information content (AvgIpc) is 2.26. The van der Waals surface area contributed by atoms with Crippen LogP contribution in [-0.2, 0) is 14.3 Å². The molecule has 0 fully saturated rings. The zero-order valence-corrected chi connectivity index (χ0v) is 9.23. The third-order valence-corrected chi connectivity index (χ3v) is 1.40. The zero-order chi connectivity index (χ0) is 12.3. The summed E-state index contributed by atoms with van der Waals surface area (Å²) in [5.41, 5.74) is 5.22. The van der Waals surface area contributed by atoms with Crippen LogP contribution in [0.4, 0.5) is 0 Å². The Morgan fingerprint density at radius 2 is 2.13 bits per heavy atom. The number of nitrogens with two attached hydrogens (primary N) is 1. The number of aldehydes is 1. The van der Waals surface area contributed by atoms with Crippen molar-refractivity contribution in [3.8, 4) is 0 Å². The molecule has 88 valence electrons. The topological polar surface area (TPSA) is 89.6 Å². The number of hydrogen-bond acceptors (Lipinski definition) is 4. The van der Waals surface area contributed by atoms with Gasteiger partial charge in [-0.15, -0.1) is 0 Å². The van der Waals surface area contributed by atoms with Crippen molar-refractivity contribution >= 4 is 12.3 Å². The predicted octanol–water partition coefficient (Wildman–Crippen LogP) is 0.934. The maximum atomic E-state index is 10.2. The number of aliphatic carboxylic acids is 1. The number of allylic oxidation sites excluding steroid dienone is 1. The molecule has 0 aromatic carbocycles. The Bertz CT molecular complexity index is 204. The molecule has 0 rings (SSSR count). The Hall–Kier alpha value is -1.36. The summed E-state index contributed by atoms with van der Waals surface area (Å²) in [5, 5.41) is 8.40. The van der Waals surface area contributed by atoms with Crippen LogP contribution in [0.5, 0.6) is 0 Å². The van der Waals surface area contributed by atoms with E-state index in [-0.39, 0.29) is 12.4 Å². The molecule has 0 aromatic rings. The van der Waals surface area contributed by atoms with Gasteiger partial charge in [0.05, 0.1) is 6.61 Å². The Kier molecular flexibility index (Phi) is 11.5. The van der Waals surface area contributed by atoms with Crippen LogP contribution in [0.15, 0.2) is 12.3 Å². The van der Waals surface area contributed by atoms with E-state index in [0.29, 0.717) is 19.1 Å². The van der Waals surface area contributed by atoms with Gasteiger partial charge in [0.1, 0.15) is 6.04 Å². The molecule has 0 amide bonds. The molecule has 5 heteroatoms. The number of carbonyl (C=O) groups excluding carboxylic acids is 1. The molecule has 0 aliphatic rings. The van der Waals surface area contributed by atoms with Crippen LogP contribution in [-0.4, -0.2) is 30.0 Å². The van der Waals surface area contributed by atoms with Crippen LogP contribution >= 0.6 is 0 Å². The monoisotopic (exact) mass is 217 g/mol. The molecule has 0 saturated carbocycles. The average molecular weight is 217 g/mol. The lowest BCUT2D eigenvalue weighted by Gasteiger charge is -2.06. The van der Waals surface area contributed by atoms with E-state index >= 15 is 0 Å². The van der Waals surface area contributed by atoms with Gasteiger partial charge in [-0.3, -0.25) is 9.59 Å². The standard InChI is InChI=1S/C8H13NO4.C2H6/c1-6(5-10)13-4-2-3-7(9)8(11)12;1-2/h5,7H,1-4,9H2,(H,11,12);1-2H3. The second-order valence-corrected chi connectivity index (χ2v) is 2.52. The normalized spacial score (nSPS) is 10.6. The fourth-order valence-electron chi connectivity index (χ4n) is 0.664. The van der Waals surface area contributed by atoms with E-state index in [9.17, 15) is 9.59 Å². The highest BCUT2D eigenvalue weighted by Gasteiger charge is 2.10. The van der Waals surface area contributed by atoms with Gasteiger partial charge < -0.3 is 15.6 Å². The Morgan fingerprint density at radius 1 is 1.60 bits per heavy atom. The van der Waals surface area contributed by atoms with Gasteiger partial charge in [-0.25, -0.2) is 0 Å². The molecule has 0 bridgehead atoms. The second kappa shape index (κ2) is 10.7. The van der Waals surface area contributed by atoms with Gasteiger partial charge in [-0.2, -0.15) is 0 Å². The van der Waals surface area contributed by atoms with Gasteiger partial charge in [0.25, 0.3) is 0 Å². The smallest absolute Gasteiger partial charge is 0.320 e. The van der Waals surface area contributed by atoms with E-state index in [0.717, 1.165) is 0 Å². The number of hydrogen-bond donors (Lipinski definition) is 2. The minimum atomic E-state index is -1.03. The molecule has 1 atom stereocenters. The second-order valence-electron chi connectivity index (χ2n) is 2.52. The van der Waals surface area contributed by atoms with Crippen molar-refractivity contribution in [2.24, 2.45) is 5.73 Å². The lowest BCUT2D eigenvalue weighted by atomic mass is 10.2. The van der Waals surface area contributed by atoms with Crippen LogP contribution < -0.4 is 5.73 Å². The molecule has 0 aliphatic heterocycles. The van der Waals surface area contributed by atoms with Crippen molar-refractivity contribution in [1.29, 1.82) is 0 Å². The number of ether oxygens (including phenoxy) is 1. The molecule has 5 nitrogen and oxygen atoms in total. The molecule has 0 saturated heterocycles. The van der Waals surface area contributed by atoms with E-state index in [2.05, 4.69) is 6.58 Å². The van der Waals surface area contributed by atoms with Gasteiger partial charge in [-0.1, -0.05) is 20.4 Å². The van der Waals surface area contributed by atoms with Gasteiger partial charge >= 0.3 is 5.97 Å². The molecule has 0 radical (unpaired) electrons. The fraction of sp³-hybridized carbons (Fsp3) is 0.600. The zero-order valence-electron chi connectivity index (χ0n) is 9.23. The highest BCUT2D eigenvalue weighted by molar-refractivity contribution is 5.72. The maximum Gasteiger partial charge on any atom is 0.320 e. The van der Waals surface area contributed by atoms with Gasteiger partial charge in [0.2, 0.25) is 0 Å².